The molecular weight excluding hydrogens is 265 g/mol. The Labute approximate surface area is 126 Å². The molecule has 1 aromatic rings. The zero-order chi connectivity index (χ0) is 15.1. The Morgan fingerprint density at radius 3 is 2.76 bits per heavy atom. The Morgan fingerprint density at radius 1 is 1.33 bits per heavy atom. The van der Waals surface area contributed by atoms with Crippen LogP contribution in [0.25, 0.3) is 0 Å². The van der Waals surface area contributed by atoms with Gasteiger partial charge in [0.15, 0.2) is 0 Å². The van der Waals surface area contributed by atoms with E-state index in [0.717, 1.165) is 25.6 Å². The second-order valence-electron chi connectivity index (χ2n) is 5.86. The van der Waals surface area contributed by atoms with Gasteiger partial charge in [-0.2, -0.15) is 5.26 Å². The van der Waals surface area contributed by atoms with Crippen LogP contribution < -0.4 is 5.32 Å². The van der Waals surface area contributed by atoms with Gasteiger partial charge >= 0.3 is 0 Å². The summed E-state index contributed by atoms with van der Waals surface area (Å²) in [6.07, 6.45) is 7.70. The fourth-order valence-corrected chi connectivity index (χ4v) is 2.98. The predicted octanol–water partition coefficient (Wildman–Crippen LogP) is 3.76. The number of nitriles is 1. The highest BCUT2D eigenvalue weighted by Gasteiger charge is 2.17. The average molecular weight is 289 g/mol. The molecule has 1 aromatic carbocycles. The molecule has 0 spiro atoms. The van der Waals surface area contributed by atoms with Gasteiger partial charge < -0.3 is 10.2 Å². The minimum absolute atomic E-state index is 0.352. The summed E-state index contributed by atoms with van der Waals surface area (Å²) < 4.78 is 13.7. The van der Waals surface area contributed by atoms with Crippen molar-refractivity contribution in [2.75, 3.05) is 25.5 Å². The van der Waals surface area contributed by atoms with Crippen molar-refractivity contribution in [2.45, 2.75) is 44.6 Å². The van der Waals surface area contributed by atoms with E-state index in [-0.39, 0.29) is 5.82 Å². The van der Waals surface area contributed by atoms with Gasteiger partial charge in [-0.05, 0) is 51.1 Å². The lowest BCUT2D eigenvalue weighted by Crippen LogP contribution is -2.34. The Kier molecular flexibility index (Phi) is 6.01. The summed E-state index contributed by atoms with van der Waals surface area (Å²) in [5.41, 5.74) is 0.837. The van der Waals surface area contributed by atoms with Crippen molar-refractivity contribution in [3.05, 3.63) is 29.6 Å². The third kappa shape index (κ3) is 4.71. The number of hydrogen-bond donors (Lipinski definition) is 1. The highest BCUT2D eigenvalue weighted by Crippen LogP contribution is 2.21. The summed E-state index contributed by atoms with van der Waals surface area (Å²) in [7, 11) is 2.19. The lowest BCUT2D eigenvalue weighted by atomic mass is 9.94. The van der Waals surface area contributed by atoms with E-state index in [0.29, 0.717) is 11.3 Å². The minimum atomic E-state index is -0.352. The number of anilines is 1. The fourth-order valence-electron chi connectivity index (χ4n) is 2.98. The molecule has 0 radical (unpaired) electrons. The van der Waals surface area contributed by atoms with Crippen molar-refractivity contribution < 1.29 is 4.39 Å². The fraction of sp³-hybridized carbons (Fsp3) is 0.588. The molecule has 0 atom stereocenters. The maximum atomic E-state index is 13.7. The minimum Gasteiger partial charge on any atom is -0.383 e. The molecule has 1 N–H and O–H groups in total. The van der Waals surface area contributed by atoms with Crippen molar-refractivity contribution >= 4 is 5.69 Å². The maximum absolute atomic E-state index is 13.7. The summed E-state index contributed by atoms with van der Waals surface area (Å²) in [6.45, 7) is 1.79. The SMILES string of the molecule is CN(CCCNc1ccc(C#N)cc1F)C1CCCCC1. The van der Waals surface area contributed by atoms with Crippen LogP contribution in [-0.4, -0.2) is 31.1 Å². The molecule has 21 heavy (non-hydrogen) atoms. The zero-order valence-electron chi connectivity index (χ0n) is 12.7. The van der Waals surface area contributed by atoms with Crippen LogP contribution in [0, 0.1) is 17.1 Å². The molecule has 0 heterocycles. The van der Waals surface area contributed by atoms with E-state index >= 15 is 0 Å². The van der Waals surface area contributed by atoms with Crippen LogP contribution in [0.2, 0.25) is 0 Å². The first kappa shape index (κ1) is 15.8. The number of hydrogen-bond acceptors (Lipinski definition) is 3. The van der Waals surface area contributed by atoms with Crippen molar-refractivity contribution in [2.24, 2.45) is 0 Å². The second kappa shape index (κ2) is 7.99. The maximum Gasteiger partial charge on any atom is 0.147 e. The largest absolute Gasteiger partial charge is 0.383 e. The van der Waals surface area contributed by atoms with Crippen LogP contribution in [-0.2, 0) is 0 Å². The van der Waals surface area contributed by atoms with Crippen LogP contribution in [0.3, 0.4) is 0 Å². The van der Waals surface area contributed by atoms with E-state index in [4.69, 9.17) is 5.26 Å². The molecule has 114 valence electrons. The van der Waals surface area contributed by atoms with Crippen molar-refractivity contribution in [1.29, 1.82) is 5.26 Å². The molecule has 0 bridgehead atoms. The predicted molar refractivity (Wildman–Crippen MR) is 83.7 cm³/mol. The van der Waals surface area contributed by atoms with Crippen LogP contribution in [0.15, 0.2) is 18.2 Å². The van der Waals surface area contributed by atoms with Gasteiger partial charge in [0.2, 0.25) is 0 Å². The molecule has 4 heteroatoms. The van der Waals surface area contributed by atoms with E-state index in [9.17, 15) is 4.39 Å². The number of halogens is 1. The molecular formula is C17H24FN3. The van der Waals surface area contributed by atoms with Gasteiger partial charge in [-0.25, -0.2) is 4.39 Å². The second-order valence-corrected chi connectivity index (χ2v) is 5.86. The lowest BCUT2D eigenvalue weighted by molar-refractivity contribution is 0.191. The van der Waals surface area contributed by atoms with E-state index < -0.39 is 0 Å². The van der Waals surface area contributed by atoms with Crippen LogP contribution >= 0.6 is 0 Å². The Balaban J connectivity index is 1.71. The Hall–Kier alpha value is -1.60. The monoisotopic (exact) mass is 289 g/mol. The quantitative estimate of drug-likeness (QED) is 0.810. The zero-order valence-corrected chi connectivity index (χ0v) is 12.7. The third-order valence-corrected chi connectivity index (χ3v) is 4.30. The molecule has 1 aliphatic rings. The van der Waals surface area contributed by atoms with Crippen molar-refractivity contribution in [1.82, 2.24) is 4.90 Å². The molecule has 1 aliphatic carbocycles. The Bertz CT molecular complexity index is 489. The highest BCUT2D eigenvalue weighted by molar-refractivity contribution is 5.48. The molecule has 0 saturated heterocycles. The van der Waals surface area contributed by atoms with Gasteiger partial charge in [-0.15, -0.1) is 0 Å². The first-order valence-corrected chi connectivity index (χ1v) is 7.84. The summed E-state index contributed by atoms with van der Waals surface area (Å²) in [5.74, 6) is -0.352. The van der Waals surface area contributed by atoms with Gasteiger partial charge in [0.1, 0.15) is 5.82 Å². The number of rotatable bonds is 6. The highest BCUT2D eigenvalue weighted by atomic mass is 19.1. The first-order valence-electron chi connectivity index (χ1n) is 7.84. The van der Waals surface area contributed by atoms with Crippen LogP contribution in [0.4, 0.5) is 10.1 Å². The molecule has 0 aromatic heterocycles. The summed E-state index contributed by atoms with van der Waals surface area (Å²) in [4.78, 5) is 2.44. The lowest BCUT2D eigenvalue weighted by Gasteiger charge is -2.31. The van der Waals surface area contributed by atoms with Gasteiger partial charge in [0.25, 0.3) is 0 Å². The van der Waals surface area contributed by atoms with Crippen molar-refractivity contribution in [3.8, 4) is 6.07 Å². The van der Waals surface area contributed by atoms with Gasteiger partial charge in [-0.1, -0.05) is 19.3 Å². The Morgan fingerprint density at radius 2 is 2.10 bits per heavy atom. The van der Waals surface area contributed by atoms with E-state index in [2.05, 4.69) is 17.3 Å². The van der Waals surface area contributed by atoms with Crippen LogP contribution in [0.5, 0.6) is 0 Å². The summed E-state index contributed by atoms with van der Waals surface area (Å²) in [5, 5.41) is 11.8. The number of nitrogens with zero attached hydrogens (tertiary/aromatic N) is 2. The number of benzene rings is 1. The average Bonchev–Trinajstić information content (AvgIpc) is 2.53. The molecule has 1 fully saturated rings. The van der Waals surface area contributed by atoms with E-state index in [1.807, 2.05) is 6.07 Å². The van der Waals surface area contributed by atoms with E-state index in [1.54, 1.807) is 12.1 Å². The molecule has 1 saturated carbocycles. The van der Waals surface area contributed by atoms with Crippen molar-refractivity contribution in [3.63, 3.8) is 0 Å². The molecule has 0 unspecified atom stereocenters. The standard InChI is InChI=1S/C17H24FN3/c1-21(15-6-3-2-4-7-15)11-5-10-20-17-9-8-14(13-19)12-16(17)18/h8-9,12,15,20H,2-7,10-11H2,1H3. The summed E-state index contributed by atoms with van der Waals surface area (Å²) >= 11 is 0. The van der Waals surface area contributed by atoms with Gasteiger partial charge in [0, 0.05) is 12.6 Å². The molecule has 0 aliphatic heterocycles. The smallest absolute Gasteiger partial charge is 0.147 e. The molecule has 2 rings (SSSR count). The normalized spacial score (nSPS) is 15.9. The third-order valence-electron chi connectivity index (χ3n) is 4.30. The van der Waals surface area contributed by atoms with Gasteiger partial charge in [0.05, 0.1) is 17.3 Å². The topological polar surface area (TPSA) is 39.1 Å². The molecule has 0 amide bonds. The van der Waals surface area contributed by atoms with E-state index in [1.165, 1.54) is 38.2 Å². The van der Waals surface area contributed by atoms with Gasteiger partial charge in [-0.3, -0.25) is 0 Å². The summed E-state index contributed by atoms with van der Waals surface area (Å²) in [6, 6.07) is 7.22. The van der Waals surface area contributed by atoms with Crippen LogP contribution in [0.1, 0.15) is 44.1 Å². The number of nitrogens with one attached hydrogen (secondary N) is 1. The molecule has 3 nitrogen and oxygen atoms in total. The first-order chi connectivity index (χ1) is 10.2.